The predicted octanol–water partition coefficient (Wildman–Crippen LogP) is 4.02. The first-order chi connectivity index (χ1) is 29.9. The number of aliphatic hydroxyl groups excluding tert-OH is 1. The first-order valence-corrected chi connectivity index (χ1v) is 23.5. The van der Waals surface area contributed by atoms with Crippen LogP contribution in [0, 0.1) is 17.8 Å². The fourth-order valence-electron chi connectivity index (χ4n) is 10.1. The SMILES string of the molecule is CCCNC[C@]1(O)[C@H](C)O[C@@H](O[C@H]2[C@H](C)[C@@H](O[C@@H]3O[C@H](C)C[C@H](N(C)C)[C@H]3Oc3cccc(OC)c3)[C@](C)(O)C[C@@H](C)CN[C@H](C)[C@@H](O)[C@](C)(O)[C@@H](CC)OC(=O)[C@@H]2C)C[C@@]1(C)OC. The summed E-state index contributed by atoms with van der Waals surface area (Å²) in [5.74, 6) is -1.51. The Kier molecular flexibility index (Phi) is 19.3. The van der Waals surface area contributed by atoms with Gasteiger partial charge in [0.1, 0.15) is 40.5 Å². The smallest absolute Gasteiger partial charge is 0.311 e. The average molecular weight is 912 g/mol. The Bertz CT molecular complexity index is 1600. The molecular weight excluding hydrogens is 827 g/mol. The summed E-state index contributed by atoms with van der Waals surface area (Å²) in [6.07, 6.45) is -6.20. The number of carbonyl (C=O) groups is 1. The van der Waals surface area contributed by atoms with E-state index >= 15 is 0 Å². The Hall–Kier alpha value is -2.19. The zero-order valence-corrected chi connectivity index (χ0v) is 41.5. The molecule has 0 saturated carbocycles. The molecule has 370 valence electrons. The third-order valence-corrected chi connectivity index (χ3v) is 14.3. The molecule has 16 nitrogen and oxygen atoms in total. The van der Waals surface area contributed by atoms with Crippen molar-refractivity contribution in [2.75, 3.05) is 47.9 Å². The average Bonchev–Trinajstić information content (AvgIpc) is 3.24. The Morgan fingerprint density at radius 3 is 2.22 bits per heavy atom. The van der Waals surface area contributed by atoms with Crippen molar-refractivity contribution in [1.82, 2.24) is 15.5 Å². The van der Waals surface area contributed by atoms with Crippen molar-refractivity contribution < 1.29 is 63.1 Å². The predicted molar refractivity (Wildman–Crippen MR) is 243 cm³/mol. The number of likely N-dealkylation sites (N-methyl/N-ethyl adjacent to an activating group) is 1. The maximum absolute atomic E-state index is 14.6. The summed E-state index contributed by atoms with van der Waals surface area (Å²) in [6, 6.07) is 6.55. The van der Waals surface area contributed by atoms with Crippen molar-refractivity contribution in [2.24, 2.45) is 17.8 Å². The molecule has 3 aliphatic heterocycles. The molecule has 3 aliphatic rings. The highest BCUT2D eigenvalue weighted by molar-refractivity contribution is 5.73. The van der Waals surface area contributed by atoms with Crippen molar-refractivity contribution >= 4 is 5.97 Å². The number of benzene rings is 1. The van der Waals surface area contributed by atoms with E-state index in [1.54, 1.807) is 54.9 Å². The normalized spacial score (nSPS) is 43.2. The van der Waals surface area contributed by atoms with Gasteiger partial charge < -0.3 is 73.9 Å². The number of hydrogen-bond acceptors (Lipinski definition) is 16. The van der Waals surface area contributed by atoms with Gasteiger partial charge in [-0.1, -0.05) is 33.8 Å². The van der Waals surface area contributed by atoms with Gasteiger partial charge >= 0.3 is 5.97 Å². The van der Waals surface area contributed by atoms with E-state index in [1.807, 2.05) is 66.9 Å². The molecule has 16 heteroatoms. The minimum absolute atomic E-state index is 0.0916. The molecule has 6 N–H and O–H groups in total. The van der Waals surface area contributed by atoms with Crippen LogP contribution in [0.4, 0.5) is 0 Å². The maximum atomic E-state index is 14.6. The topological polar surface area (TPSA) is 199 Å². The third-order valence-electron chi connectivity index (χ3n) is 14.3. The molecule has 3 heterocycles. The Balaban J connectivity index is 1.87. The van der Waals surface area contributed by atoms with Crippen LogP contribution in [-0.4, -0.2) is 169 Å². The lowest BCUT2D eigenvalue weighted by Gasteiger charge is -2.53. The largest absolute Gasteiger partial charge is 0.497 e. The second-order valence-corrected chi connectivity index (χ2v) is 20.0. The first kappa shape index (κ1) is 54.4. The quantitative estimate of drug-likeness (QED) is 0.116. The molecule has 0 amide bonds. The number of rotatable bonds is 14. The van der Waals surface area contributed by atoms with E-state index in [2.05, 4.69) is 15.5 Å². The zero-order chi connectivity index (χ0) is 47.9. The second-order valence-electron chi connectivity index (χ2n) is 20.0. The second kappa shape index (κ2) is 22.7. The Morgan fingerprint density at radius 1 is 0.938 bits per heavy atom. The lowest BCUT2D eigenvalue weighted by molar-refractivity contribution is -0.335. The summed E-state index contributed by atoms with van der Waals surface area (Å²) < 4.78 is 51.8. The van der Waals surface area contributed by atoms with Crippen LogP contribution in [0.25, 0.3) is 0 Å². The number of ether oxygens (including phenoxy) is 8. The van der Waals surface area contributed by atoms with Crippen molar-refractivity contribution in [3.63, 3.8) is 0 Å². The third kappa shape index (κ3) is 12.5. The molecule has 0 aliphatic carbocycles. The van der Waals surface area contributed by atoms with Gasteiger partial charge in [0.2, 0.25) is 0 Å². The standard InChI is InChI=1S/C48H85N3O13/c1-16-21-49-27-48(56)33(8)60-38(25-46(48,10)58-15)63-39-30(5)42(64-44-40(36(51(12)13)22-29(4)59-44)61-35-20-18-19-34(23-35)57-14)45(9,54)24-28(3)26-50-32(7)41(52)47(11,55)37(17-2)62-43(53)31(39)6/h18-20,23,28-33,36-42,44,49-50,52,54-56H,16-17,21-22,24-27H2,1-15H3/t28-,29-,30+,31-,32-,33+,36+,37-,38+,39+,40-,41-,42-,44+,45-,46-,47-,48+/m1/s1. The van der Waals surface area contributed by atoms with E-state index in [1.165, 1.54) is 6.92 Å². The number of carbonyl (C=O) groups excluding carboxylic acids is 1. The van der Waals surface area contributed by atoms with Gasteiger partial charge in [0.15, 0.2) is 18.7 Å². The molecule has 0 radical (unpaired) electrons. The van der Waals surface area contributed by atoms with Gasteiger partial charge in [-0.2, -0.15) is 0 Å². The van der Waals surface area contributed by atoms with Crippen LogP contribution >= 0.6 is 0 Å². The summed E-state index contributed by atoms with van der Waals surface area (Å²) in [7, 11) is 7.10. The van der Waals surface area contributed by atoms with Crippen LogP contribution in [0.1, 0.15) is 108 Å². The highest BCUT2D eigenvalue weighted by Gasteiger charge is 2.58. The van der Waals surface area contributed by atoms with Gasteiger partial charge in [0, 0.05) is 38.1 Å². The lowest BCUT2D eigenvalue weighted by atomic mass is 9.75. The summed E-state index contributed by atoms with van der Waals surface area (Å²) in [5.41, 5.74) is -6.00. The summed E-state index contributed by atoms with van der Waals surface area (Å²) >= 11 is 0. The van der Waals surface area contributed by atoms with E-state index in [9.17, 15) is 25.2 Å². The number of aliphatic hydroxyl groups is 4. The molecule has 0 spiro atoms. The summed E-state index contributed by atoms with van der Waals surface area (Å²) in [5, 5.41) is 55.1. The lowest BCUT2D eigenvalue weighted by Crippen LogP contribution is -2.70. The monoisotopic (exact) mass is 912 g/mol. The number of esters is 1. The van der Waals surface area contributed by atoms with Gasteiger partial charge in [-0.15, -0.1) is 0 Å². The van der Waals surface area contributed by atoms with Gasteiger partial charge in [0.05, 0.1) is 49.1 Å². The first-order valence-electron chi connectivity index (χ1n) is 23.5. The van der Waals surface area contributed by atoms with Crippen molar-refractivity contribution in [2.45, 2.75) is 198 Å². The van der Waals surface area contributed by atoms with Crippen LogP contribution < -0.4 is 20.1 Å². The summed E-state index contributed by atoms with van der Waals surface area (Å²) in [4.78, 5) is 16.7. The molecule has 1 aromatic rings. The summed E-state index contributed by atoms with van der Waals surface area (Å²) in [6.45, 7) is 21.2. The molecule has 1 aromatic carbocycles. The molecule has 4 rings (SSSR count). The van der Waals surface area contributed by atoms with Gasteiger partial charge in [-0.25, -0.2) is 0 Å². The molecular formula is C48H85N3O13. The number of nitrogens with one attached hydrogen (secondary N) is 2. The van der Waals surface area contributed by atoms with Crippen LogP contribution in [0.15, 0.2) is 24.3 Å². The Morgan fingerprint density at radius 2 is 1.61 bits per heavy atom. The Labute approximate surface area is 383 Å². The van der Waals surface area contributed by atoms with Crippen LogP contribution in [0.2, 0.25) is 0 Å². The minimum atomic E-state index is -1.83. The van der Waals surface area contributed by atoms with Crippen LogP contribution in [0.3, 0.4) is 0 Å². The molecule has 0 unspecified atom stereocenters. The van der Waals surface area contributed by atoms with Crippen molar-refractivity contribution in [1.29, 1.82) is 0 Å². The zero-order valence-electron chi connectivity index (χ0n) is 41.5. The number of nitrogens with zero attached hydrogens (tertiary/aromatic N) is 1. The minimum Gasteiger partial charge on any atom is -0.497 e. The molecule has 3 fully saturated rings. The molecule has 3 saturated heterocycles. The van der Waals surface area contributed by atoms with Gasteiger partial charge in [-0.05, 0) is 119 Å². The van der Waals surface area contributed by atoms with Crippen molar-refractivity contribution in [3.05, 3.63) is 24.3 Å². The van der Waals surface area contributed by atoms with E-state index in [0.717, 1.165) is 6.42 Å². The fourth-order valence-corrected chi connectivity index (χ4v) is 10.1. The van der Waals surface area contributed by atoms with E-state index in [-0.39, 0.29) is 43.9 Å². The van der Waals surface area contributed by atoms with E-state index in [4.69, 9.17) is 37.9 Å². The highest BCUT2D eigenvalue weighted by atomic mass is 16.7. The molecule has 18 atom stereocenters. The number of methoxy groups -OCH3 is 2. The van der Waals surface area contributed by atoms with Crippen LogP contribution in [-0.2, 0) is 33.2 Å². The molecule has 0 aromatic heterocycles. The molecule has 64 heavy (non-hydrogen) atoms. The maximum Gasteiger partial charge on any atom is 0.311 e. The van der Waals surface area contributed by atoms with Crippen molar-refractivity contribution in [3.8, 4) is 11.5 Å². The van der Waals surface area contributed by atoms with E-state index < -0.39 is 95.5 Å². The van der Waals surface area contributed by atoms with Crippen LogP contribution in [0.5, 0.6) is 11.5 Å². The fraction of sp³-hybridized carbons (Fsp3) is 0.854. The number of hydrogen-bond donors (Lipinski definition) is 6. The van der Waals surface area contributed by atoms with Gasteiger partial charge in [-0.3, -0.25) is 4.79 Å². The van der Waals surface area contributed by atoms with Gasteiger partial charge in [0.25, 0.3) is 0 Å². The van der Waals surface area contributed by atoms with E-state index in [0.29, 0.717) is 31.0 Å². The molecule has 0 bridgehead atoms. The highest BCUT2D eigenvalue weighted by Crippen LogP contribution is 2.43. The number of cyclic esters (lactones) is 1.